The molecule has 0 saturated carbocycles. The summed E-state index contributed by atoms with van der Waals surface area (Å²) >= 11 is 0. The van der Waals surface area contributed by atoms with E-state index in [2.05, 4.69) is 0 Å². The Balaban J connectivity index is 1.41. The first-order chi connectivity index (χ1) is 20.3. The monoisotopic (exact) mass is 536 g/mol. The molecule has 0 atom stereocenters. The van der Waals surface area contributed by atoms with Crippen LogP contribution in [0.3, 0.4) is 0 Å². The molecule has 6 rings (SSSR count). The van der Waals surface area contributed by atoms with Crippen LogP contribution in [0.2, 0.25) is 0 Å². The fraction of sp³-hybridized carbons (Fsp3) is 0.0556. The minimum absolute atomic E-state index is 0.440. The molecule has 0 amide bonds. The van der Waals surface area contributed by atoms with Crippen molar-refractivity contribution in [3.05, 3.63) is 156 Å². The van der Waals surface area contributed by atoms with E-state index in [-0.39, 0.29) is 0 Å². The van der Waals surface area contributed by atoms with Gasteiger partial charge in [0, 0.05) is 23.0 Å². The number of ether oxygens (including phenoxy) is 2. The number of imidazole rings is 1. The van der Waals surface area contributed by atoms with Gasteiger partial charge in [0.05, 0.1) is 11.3 Å². The summed E-state index contributed by atoms with van der Waals surface area (Å²) in [7, 11) is 0. The number of aromatic nitrogens is 2. The van der Waals surface area contributed by atoms with E-state index in [1.165, 1.54) is 0 Å². The number of benzene rings is 5. The van der Waals surface area contributed by atoms with E-state index < -0.39 is 0 Å². The third-order valence-corrected chi connectivity index (χ3v) is 6.78. The van der Waals surface area contributed by atoms with Crippen molar-refractivity contribution >= 4 is 6.29 Å². The van der Waals surface area contributed by atoms with Crippen molar-refractivity contribution in [3.8, 4) is 39.8 Å². The number of rotatable bonds is 10. The van der Waals surface area contributed by atoms with Gasteiger partial charge >= 0.3 is 0 Å². The van der Waals surface area contributed by atoms with E-state index in [9.17, 15) is 4.79 Å². The van der Waals surface area contributed by atoms with Gasteiger partial charge in [0.2, 0.25) is 0 Å². The van der Waals surface area contributed by atoms with Crippen LogP contribution in [0.25, 0.3) is 28.3 Å². The van der Waals surface area contributed by atoms with Crippen molar-refractivity contribution in [2.24, 2.45) is 0 Å². The van der Waals surface area contributed by atoms with Crippen LogP contribution in [0, 0.1) is 0 Å². The van der Waals surface area contributed by atoms with E-state index in [1.54, 1.807) is 12.1 Å². The Morgan fingerprint density at radius 2 is 1.10 bits per heavy atom. The molecule has 0 N–H and O–H groups in total. The van der Waals surface area contributed by atoms with Crippen molar-refractivity contribution in [1.29, 1.82) is 0 Å². The lowest BCUT2D eigenvalue weighted by molar-refractivity contribution is 0.112. The summed E-state index contributed by atoms with van der Waals surface area (Å²) in [5, 5.41) is 0. The SMILES string of the molecule is O=Cc1ccc(-n2cc(-c3ccccc3OCc3ccccc3)nc2-c2ccccc2OCc2ccccc2)cc1. The van der Waals surface area contributed by atoms with Crippen LogP contribution in [-0.4, -0.2) is 15.8 Å². The molecule has 0 aliphatic carbocycles. The van der Waals surface area contributed by atoms with E-state index in [4.69, 9.17) is 14.5 Å². The zero-order chi connectivity index (χ0) is 27.9. The summed E-state index contributed by atoms with van der Waals surface area (Å²) in [6.45, 7) is 0.893. The molecule has 0 fully saturated rings. The summed E-state index contributed by atoms with van der Waals surface area (Å²) in [4.78, 5) is 16.5. The smallest absolute Gasteiger partial charge is 0.150 e. The van der Waals surface area contributed by atoms with Crippen LogP contribution < -0.4 is 9.47 Å². The molecule has 1 heterocycles. The third-order valence-electron chi connectivity index (χ3n) is 6.78. The van der Waals surface area contributed by atoms with Crippen molar-refractivity contribution in [2.75, 3.05) is 0 Å². The van der Waals surface area contributed by atoms with Crippen LogP contribution >= 0.6 is 0 Å². The fourth-order valence-corrected chi connectivity index (χ4v) is 4.66. The van der Waals surface area contributed by atoms with Crippen molar-refractivity contribution < 1.29 is 14.3 Å². The van der Waals surface area contributed by atoms with Crippen molar-refractivity contribution in [2.45, 2.75) is 13.2 Å². The quantitative estimate of drug-likeness (QED) is 0.166. The zero-order valence-corrected chi connectivity index (χ0v) is 22.4. The number of hydrogen-bond acceptors (Lipinski definition) is 4. The van der Waals surface area contributed by atoms with Gasteiger partial charge in [-0.15, -0.1) is 0 Å². The lowest BCUT2D eigenvalue weighted by Gasteiger charge is -2.13. The molecule has 0 aliphatic heterocycles. The van der Waals surface area contributed by atoms with Gasteiger partial charge in [-0.1, -0.05) is 84.9 Å². The second-order valence-electron chi connectivity index (χ2n) is 9.57. The molecule has 41 heavy (non-hydrogen) atoms. The number of aldehydes is 1. The van der Waals surface area contributed by atoms with Gasteiger partial charge in [0.1, 0.15) is 36.8 Å². The van der Waals surface area contributed by atoms with Crippen LogP contribution in [0.1, 0.15) is 21.5 Å². The topological polar surface area (TPSA) is 53.4 Å². The molecule has 0 saturated heterocycles. The van der Waals surface area contributed by atoms with Gasteiger partial charge < -0.3 is 9.47 Å². The van der Waals surface area contributed by atoms with Crippen molar-refractivity contribution in [3.63, 3.8) is 0 Å². The number of carbonyl (C=O) groups excluding carboxylic acids is 1. The van der Waals surface area contributed by atoms with Crippen LogP contribution in [0.5, 0.6) is 11.5 Å². The third kappa shape index (κ3) is 5.94. The Morgan fingerprint density at radius 1 is 0.585 bits per heavy atom. The second-order valence-corrected chi connectivity index (χ2v) is 9.57. The van der Waals surface area contributed by atoms with E-state index >= 15 is 0 Å². The number of carbonyl (C=O) groups is 1. The van der Waals surface area contributed by atoms with Crippen LogP contribution in [0.4, 0.5) is 0 Å². The predicted molar refractivity (Wildman–Crippen MR) is 161 cm³/mol. The first-order valence-corrected chi connectivity index (χ1v) is 13.5. The highest BCUT2D eigenvalue weighted by atomic mass is 16.5. The molecule has 0 radical (unpaired) electrons. The van der Waals surface area contributed by atoms with Gasteiger partial charge in [-0.2, -0.15) is 0 Å². The van der Waals surface area contributed by atoms with E-state index in [1.807, 2.05) is 132 Å². The fourth-order valence-electron chi connectivity index (χ4n) is 4.66. The summed E-state index contributed by atoms with van der Waals surface area (Å²) in [6.07, 6.45) is 2.85. The van der Waals surface area contributed by atoms with Crippen molar-refractivity contribution in [1.82, 2.24) is 9.55 Å². The van der Waals surface area contributed by atoms with E-state index in [0.717, 1.165) is 57.2 Å². The molecule has 0 spiro atoms. The molecule has 5 heteroatoms. The summed E-state index contributed by atoms with van der Waals surface area (Å²) in [5.41, 5.74) is 6.17. The Hall–Kier alpha value is -5.42. The molecule has 0 unspecified atom stereocenters. The molecule has 200 valence electrons. The average molecular weight is 537 g/mol. The van der Waals surface area contributed by atoms with Gasteiger partial charge in [-0.05, 0) is 59.7 Å². The highest BCUT2D eigenvalue weighted by Crippen LogP contribution is 2.36. The first-order valence-electron chi connectivity index (χ1n) is 13.5. The maximum absolute atomic E-state index is 11.3. The maximum Gasteiger partial charge on any atom is 0.150 e. The molecular weight excluding hydrogens is 508 g/mol. The Bertz CT molecular complexity index is 1740. The number of nitrogens with zero attached hydrogens (tertiary/aromatic N) is 2. The summed E-state index contributed by atoms with van der Waals surface area (Å²) in [6, 6.07) is 43.5. The van der Waals surface area contributed by atoms with Gasteiger partial charge in [0.15, 0.2) is 0 Å². The van der Waals surface area contributed by atoms with Crippen LogP contribution in [0.15, 0.2) is 140 Å². The zero-order valence-electron chi connectivity index (χ0n) is 22.4. The summed E-state index contributed by atoms with van der Waals surface area (Å²) in [5.74, 6) is 2.20. The Morgan fingerprint density at radius 3 is 1.68 bits per heavy atom. The van der Waals surface area contributed by atoms with Crippen LogP contribution in [-0.2, 0) is 13.2 Å². The lowest BCUT2D eigenvalue weighted by Crippen LogP contribution is -2.00. The average Bonchev–Trinajstić information content (AvgIpc) is 3.49. The molecule has 1 aromatic heterocycles. The van der Waals surface area contributed by atoms with E-state index in [0.29, 0.717) is 18.8 Å². The maximum atomic E-state index is 11.3. The first kappa shape index (κ1) is 25.8. The largest absolute Gasteiger partial charge is 0.488 e. The Kier molecular flexibility index (Phi) is 7.68. The standard InChI is InChI=1S/C36H28N2O3/c39-24-27-19-21-30(22-20-27)38-23-33(31-15-7-9-17-34(31)40-25-28-11-3-1-4-12-28)37-36(38)32-16-8-10-18-35(32)41-26-29-13-5-2-6-14-29/h1-24H,25-26H2. The molecule has 5 aromatic carbocycles. The molecule has 0 bridgehead atoms. The normalized spacial score (nSPS) is 10.7. The Labute approximate surface area is 239 Å². The number of para-hydroxylation sites is 2. The minimum atomic E-state index is 0.440. The molecule has 0 aliphatic rings. The molecule has 6 aromatic rings. The highest BCUT2D eigenvalue weighted by molar-refractivity contribution is 5.76. The predicted octanol–water partition coefficient (Wildman–Crippen LogP) is 8.18. The molecule has 5 nitrogen and oxygen atoms in total. The van der Waals surface area contributed by atoms with Gasteiger partial charge in [-0.25, -0.2) is 4.98 Å². The minimum Gasteiger partial charge on any atom is -0.488 e. The second kappa shape index (κ2) is 12.2. The summed E-state index contributed by atoms with van der Waals surface area (Å²) < 4.78 is 14.6. The molecular formula is C36H28N2O3. The van der Waals surface area contributed by atoms with Gasteiger partial charge in [-0.3, -0.25) is 9.36 Å². The van der Waals surface area contributed by atoms with Gasteiger partial charge in [0.25, 0.3) is 0 Å². The lowest BCUT2D eigenvalue weighted by atomic mass is 10.1. The number of hydrogen-bond donors (Lipinski definition) is 0. The highest BCUT2D eigenvalue weighted by Gasteiger charge is 2.19.